The molecule has 3 aromatic carbocycles. The first-order valence-corrected chi connectivity index (χ1v) is 23.4. The number of anilines is 1. The molecule has 9 heteroatoms. The summed E-state index contributed by atoms with van der Waals surface area (Å²) in [6.45, 7) is 15.6. The molecule has 5 nitrogen and oxygen atoms in total. The van der Waals surface area contributed by atoms with E-state index in [1.54, 1.807) is 6.07 Å². The van der Waals surface area contributed by atoms with Gasteiger partial charge in [-0.3, -0.25) is 0 Å². The number of rotatable bonds is 19. The number of halogens is 1. The minimum absolute atomic E-state index is 0.166. The van der Waals surface area contributed by atoms with Gasteiger partial charge in [0.05, 0.1) is 33.6 Å². The van der Waals surface area contributed by atoms with Crippen LogP contribution in [0.5, 0.6) is 0 Å². The molecule has 7 rings (SSSR count). The molecule has 1 unspecified atom stereocenters. The maximum absolute atomic E-state index is 15.7. The lowest BCUT2D eigenvalue weighted by Gasteiger charge is -2.22. The van der Waals surface area contributed by atoms with E-state index < -0.39 is 0 Å². The standard InChI is InChI=1S/C47H56FN5S3/c1-7-13-16-30(10-4)17-18-31-19-24-34(35(48)27-31)32-20-22-33(23-21-32)42-44-45(50-37(12-6)36(11-5)49-44)43(47-46(42)51-56-52-47)40-28-38-39(54-40)29-41(55-38)53(25-14-8-2)26-15-9-3/h19-24,27-30H,7-18,25-26H2,1-6H3. The average molecular weight is 806 g/mol. The summed E-state index contributed by atoms with van der Waals surface area (Å²) in [6, 6.07) is 18.7. The smallest absolute Gasteiger partial charge is 0.131 e. The third-order valence-corrected chi connectivity index (χ3v) is 14.3. The summed E-state index contributed by atoms with van der Waals surface area (Å²) < 4.78 is 28.1. The lowest BCUT2D eigenvalue weighted by atomic mass is 9.91. The fraction of sp³-hybridized carbons (Fsp3) is 0.447. The monoisotopic (exact) mass is 805 g/mol. The number of thiophene rings is 2. The van der Waals surface area contributed by atoms with Crippen molar-refractivity contribution in [1.82, 2.24) is 18.7 Å². The normalized spacial score (nSPS) is 12.4. The van der Waals surface area contributed by atoms with E-state index in [4.69, 9.17) is 18.7 Å². The van der Waals surface area contributed by atoms with Crippen LogP contribution in [0.15, 0.2) is 54.6 Å². The summed E-state index contributed by atoms with van der Waals surface area (Å²) in [5, 5.41) is 1.36. The van der Waals surface area contributed by atoms with Crippen LogP contribution >= 0.6 is 34.4 Å². The number of aryl methyl sites for hydroxylation is 3. The molecule has 0 amide bonds. The molecule has 0 spiro atoms. The predicted molar refractivity (Wildman–Crippen MR) is 242 cm³/mol. The molecular formula is C47H56FN5S3. The van der Waals surface area contributed by atoms with Crippen LogP contribution in [-0.4, -0.2) is 31.8 Å². The van der Waals surface area contributed by atoms with E-state index in [2.05, 4.69) is 76.8 Å². The molecule has 7 aromatic rings. The molecule has 0 aliphatic rings. The maximum atomic E-state index is 15.7. The number of fused-ring (bicyclic) bond motifs is 3. The van der Waals surface area contributed by atoms with E-state index in [0.717, 1.165) is 105 Å². The van der Waals surface area contributed by atoms with Crippen LogP contribution in [0.1, 0.15) is 116 Å². The van der Waals surface area contributed by atoms with Crippen LogP contribution in [0.4, 0.5) is 9.39 Å². The molecule has 4 aromatic heterocycles. The van der Waals surface area contributed by atoms with Crippen LogP contribution < -0.4 is 4.90 Å². The van der Waals surface area contributed by atoms with E-state index in [1.807, 2.05) is 40.9 Å². The Labute approximate surface area is 344 Å². The fourth-order valence-corrected chi connectivity index (χ4v) is 11.0. The van der Waals surface area contributed by atoms with Gasteiger partial charge in [-0.25, -0.2) is 14.4 Å². The van der Waals surface area contributed by atoms with Crippen molar-refractivity contribution in [2.75, 3.05) is 18.0 Å². The van der Waals surface area contributed by atoms with Crippen molar-refractivity contribution in [2.45, 2.75) is 119 Å². The molecular weight excluding hydrogens is 750 g/mol. The number of hydrogen-bond acceptors (Lipinski definition) is 8. The van der Waals surface area contributed by atoms with Gasteiger partial charge in [0.25, 0.3) is 0 Å². The van der Waals surface area contributed by atoms with Gasteiger partial charge in [0, 0.05) is 44.1 Å². The highest BCUT2D eigenvalue weighted by molar-refractivity contribution is 7.31. The molecule has 0 saturated carbocycles. The fourth-order valence-electron chi connectivity index (χ4n) is 7.98. The second kappa shape index (κ2) is 18.6. The van der Waals surface area contributed by atoms with E-state index in [0.29, 0.717) is 11.5 Å². The summed E-state index contributed by atoms with van der Waals surface area (Å²) in [5.41, 5.74) is 11.0. The van der Waals surface area contributed by atoms with E-state index in [1.165, 1.54) is 77.5 Å². The molecule has 294 valence electrons. The van der Waals surface area contributed by atoms with Crippen molar-refractivity contribution in [3.8, 4) is 32.7 Å². The van der Waals surface area contributed by atoms with Crippen molar-refractivity contribution in [1.29, 1.82) is 0 Å². The zero-order chi connectivity index (χ0) is 39.2. The largest absolute Gasteiger partial charge is 0.363 e. The van der Waals surface area contributed by atoms with Gasteiger partial charge in [-0.2, -0.15) is 8.75 Å². The highest BCUT2D eigenvalue weighted by Gasteiger charge is 2.25. The number of nitrogens with zero attached hydrogens (tertiary/aromatic N) is 5. The molecule has 0 radical (unpaired) electrons. The highest BCUT2D eigenvalue weighted by Crippen LogP contribution is 2.47. The second-order valence-electron chi connectivity index (χ2n) is 15.2. The third kappa shape index (κ3) is 8.41. The average Bonchev–Trinajstić information content (AvgIpc) is 3.96. The second-order valence-corrected chi connectivity index (χ2v) is 17.9. The van der Waals surface area contributed by atoms with Gasteiger partial charge in [-0.15, -0.1) is 22.7 Å². The maximum Gasteiger partial charge on any atom is 0.131 e. The minimum atomic E-state index is -0.166. The summed E-state index contributed by atoms with van der Waals surface area (Å²) in [5.74, 6) is 0.541. The first-order chi connectivity index (χ1) is 27.4. The molecule has 0 aliphatic heterocycles. The van der Waals surface area contributed by atoms with Gasteiger partial charge < -0.3 is 4.90 Å². The zero-order valence-corrected chi connectivity index (χ0v) is 36.5. The van der Waals surface area contributed by atoms with Crippen LogP contribution in [-0.2, 0) is 19.3 Å². The molecule has 0 N–H and O–H groups in total. The first kappa shape index (κ1) is 40.4. The molecule has 0 fully saturated rings. The summed E-state index contributed by atoms with van der Waals surface area (Å²) in [4.78, 5) is 14.5. The highest BCUT2D eigenvalue weighted by atomic mass is 32.1. The third-order valence-electron chi connectivity index (χ3n) is 11.4. The molecule has 0 saturated heterocycles. The Balaban J connectivity index is 1.27. The van der Waals surface area contributed by atoms with Crippen LogP contribution in [0.3, 0.4) is 0 Å². The van der Waals surface area contributed by atoms with Crippen molar-refractivity contribution in [3.05, 3.63) is 77.4 Å². The van der Waals surface area contributed by atoms with Crippen LogP contribution in [0.25, 0.3) is 64.2 Å². The number of unbranched alkanes of at least 4 members (excludes halogenated alkanes) is 3. The Morgan fingerprint density at radius 1 is 0.643 bits per heavy atom. The van der Waals surface area contributed by atoms with Crippen molar-refractivity contribution >= 4 is 70.9 Å². The van der Waals surface area contributed by atoms with Gasteiger partial charge in [-0.1, -0.05) is 116 Å². The van der Waals surface area contributed by atoms with Crippen molar-refractivity contribution < 1.29 is 4.39 Å². The van der Waals surface area contributed by atoms with Crippen LogP contribution in [0.2, 0.25) is 0 Å². The van der Waals surface area contributed by atoms with Crippen molar-refractivity contribution in [2.24, 2.45) is 5.92 Å². The van der Waals surface area contributed by atoms with E-state index >= 15 is 4.39 Å². The molecule has 1 atom stereocenters. The Kier molecular flexibility index (Phi) is 13.5. The Morgan fingerprint density at radius 3 is 1.88 bits per heavy atom. The minimum Gasteiger partial charge on any atom is -0.363 e. The SMILES string of the molecule is CCCCC(CC)CCc1ccc(-c2ccc(-c3c4nsnc4c(-c4cc5sc(N(CCCC)CCCC)cc5s4)c4nc(CC)c(CC)nc34)cc2)c(F)c1. The summed E-state index contributed by atoms with van der Waals surface area (Å²) in [6.07, 6.45) is 13.4. The Morgan fingerprint density at radius 2 is 1.27 bits per heavy atom. The van der Waals surface area contributed by atoms with Gasteiger partial charge in [0.1, 0.15) is 22.4 Å². The Hall–Kier alpha value is -3.79. The number of aromatic nitrogens is 4. The van der Waals surface area contributed by atoms with E-state index in [-0.39, 0.29) is 5.82 Å². The number of benzene rings is 3. The van der Waals surface area contributed by atoms with E-state index in [9.17, 15) is 0 Å². The lowest BCUT2D eigenvalue weighted by molar-refractivity contribution is 0.421. The van der Waals surface area contributed by atoms with Gasteiger partial charge in [0.15, 0.2) is 0 Å². The van der Waals surface area contributed by atoms with Crippen molar-refractivity contribution in [3.63, 3.8) is 0 Å². The molecule has 0 bridgehead atoms. The topological polar surface area (TPSA) is 54.8 Å². The zero-order valence-electron chi connectivity index (χ0n) is 34.0. The summed E-state index contributed by atoms with van der Waals surface area (Å²) in [7, 11) is 0. The van der Waals surface area contributed by atoms with Crippen LogP contribution in [0, 0.1) is 11.7 Å². The molecule has 4 heterocycles. The lowest BCUT2D eigenvalue weighted by Crippen LogP contribution is -2.24. The van der Waals surface area contributed by atoms with Gasteiger partial charge >= 0.3 is 0 Å². The summed E-state index contributed by atoms with van der Waals surface area (Å²) >= 11 is 4.96. The Bertz CT molecular complexity index is 2350. The quantitative estimate of drug-likeness (QED) is 0.0815. The number of hydrogen-bond donors (Lipinski definition) is 0. The molecule has 56 heavy (non-hydrogen) atoms. The van der Waals surface area contributed by atoms with Gasteiger partial charge in [0.2, 0.25) is 0 Å². The molecule has 0 aliphatic carbocycles. The first-order valence-electron chi connectivity index (χ1n) is 21.1. The van der Waals surface area contributed by atoms with Gasteiger partial charge in [-0.05, 0) is 79.3 Å². The predicted octanol–water partition coefficient (Wildman–Crippen LogP) is 14.7.